The van der Waals surface area contributed by atoms with E-state index >= 15 is 0 Å². The highest BCUT2D eigenvalue weighted by molar-refractivity contribution is 7.08. The fourth-order valence-electron chi connectivity index (χ4n) is 5.68. The van der Waals surface area contributed by atoms with Crippen molar-refractivity contribution in [1.29, 1.82) is 0 Å². The minimum absolute atomic E-state index is 0.0365. The Bertz CT molecular complexity index is 1110. The molecule has 3 aromatic rings. The third-order valence-corrected chi connectivity index (χ3v) is 7.98. The zero-order chi connectivity index (χ0) is 22.8. The number of nitrogens with zero attached hydrogens (tertiary/aromatic N) is 1. The summed E-state index contributed by atoms with van der Waals surface area (Å²) in [5.74, 6) is 0.861. The van der Waals surface area contributed by atoms with Crippen molar-refractivity contribution < 1.29 is 14.3 Å². The molecule has 1 N–H and O–H groups in total. The van der Waals surface area contributed by atoms with Crippen molar-refractivity contribution in [1.82, 2.24) is 10.2 Å². The zero-order valence-electron chi connectivity index (χ0n) is 19.1. The van der Waals surface area contributed by atoms with Gasteiger partial charge < -0.3 is 14.8 Å². The van der Waals surface area contributed by atoms with E-state index < -0.39 is 0 Å². The van der Waals surface area contributed by atoms with Crippen molar-refractivity contribution in [2.75, 3.05) is 27.3 Å². The molecule has 1 saturated heterocycles. The Labute approximate surface area is 199 Å². The number of methoxy groups -OCH3 is 2. The Morgan fingerprint density at radius 3 is 2.67 bits per heavy atom. The van der Waals surface area contributed by atoms with Gasteiger partial charge in [0.15, 0.2) is 0 Å². The molecule has 0 unspecified atom stereocenters. The molecule has 2 aliphatic rings. The van der Waals surface area contributed by atoms with Crippen LogP contribution in [-0.2, 0) is 16.7 Å². The highest BCUT2D eigenvalue weighted by Gasteiger charge is 2.53. The molecule has 2 heterocycles. The molecule has 0 saturated carbocycles. The van der Waals surface area contributed by atoms with Gasteiger partial charge in [0, 0.05) is 24.4 Å². The molecule has 2 aromatic carbocycles. The molecule has 1 fully saturated rings. The van der Waals surface area contributed by atoms with Gasteiger partial charge in [-0.15, -0.1) is 0 Å². The highest BCUT2D eigenvalue weighted by Crippen LogP contribution is 2.52. The van der Waals surface area contributed by atoms with Crippen LogP contribution in [0.4, 0.5) is 0 Å². The Morgan fingerprint density at radius 2 is 1.94 bits per heavy atom. The minimum atomic E-state index is -0.150. The van der Waals surface area contributed by atoms with E-state index in [-0.39, 0.29) is 23.5 Å². The van der Waals surface area contributed by atoms with Gasteiger partial charge in [0.25, 0.3) is 5.91 Å². The minimum Gasteiger partial charge on any atom is -0.497 e. The van der Waals surface area contributed by atoms with Gasteiger partial charge in [-0.1, -0.05) is 36.4 Å². The summed E-state index contributed by atoms with van der Waals surface area (Å²) in [7, 11) is 3.49. The summed E-state index contributed by atoms with van der Waals surface area (Å²) in [5.41, 5.74) is 4.40. The van der Waals surface area contributed by atoms with Gasteiger partial charge in [-0.05, 0) is 66.2 Å². The Morgan fingerprint density at radius 1 is 1.12 bits per heavy atom. The van der Waals surface area contributed by atoms with Gasteiger partial charge in [0.2, 0.25) is 0 Å². The molecule has 172 valence electrons. The van der Waals surface area contributed by atoms with Crippen molar-refractivity contribution in [2.24, 2.45) is 0 Å². The van der Waals surface area contributed by atoms with Gasteiger partial charge in [-0.25, -0.2) is 0 Å². The van der Waals surface area contributed by atoms with Crippen molar-refractivity contribution >= 4 is 17.2 Å². The van der Waals surface area contributed by atoms with Crippen molar-refractivity contribution in [3.05, 3.63) is 87.6 Å². The molecular formula is C27H30N2O3S. The van der Waals surface area contributed by atoms with Crippen LogP contribution in [0.1, 0.15) is 45.9 Å². The lowest BCUT2D eigenvalue weighted by Crippen LogP contribution is -2.50. The van der Waals surface area contributed by atoms with Gasteiger partial charge in [-0.2, -0.15) is 11.3 Å². The van der Waals surface area contributed by atoms with E-state index in [4.69, 9.17) is 9.47 Å². The molecule has 1 aliphatic heterocycles. The van der Waals surface area contributed by atoms with Crippen LogP contribution in [0.3, 0.4) is 0 Å². The highest BCUT2D eigenvalue weighted by atomic mass is 32.1. The molecule has 0 radical (unpaired) electrons. The molecule has 1 amide bonds. The Kier molecular flexibility index (Phi) is 6.23. The van der Waals surface area contributed by atoms with Crippen molar-refractivity contribution in [2.45, 2.75) is 36.9 Å². The summed E-state index contributed by atoms with van der Waals surface area (Å²) >= 11 is 1.54. The molecular weight excluding hydrogens is 432 g/mol. The normalized spacial score (nSPS) is 21.6. The fourth-order valence-corrected chi connectivity index (χ4v) is 6.32. The van der Waals surface area contributed by atoms with Crippen LogP contribution in [0.5, 0.6) is 5.75 Å². The predicted octanol–water partition coefficient (Wildman–Crippen LogP) is 4.79. The lowest BCUT2D eigenvalue weighted by molar-refractivity contribution is -0.0122. The quantitative estimate of drug-likeness (QED) is 0.572. The Balaban J connectivity index is 1.37. The number of hydrogen-bond donors (Lipinski definition) is 1. The second kappa shape index (κ2) is 9.29. The third-order valence-electron chi connectivity index (χ3n) is 7.29. The summed E-state index contributed by atoms with van der Waals surface area (Å²) in [6.45, 7) is 2.87. The van der Waals surface area contributed by atoms with Crippen LogP contribution in [0.15, 0.2) is 65.4 Å². The molecule has 33 heavy (non-hydrogen) atoms. The topological polar surface area (TPSA) is 50.8 Å². The van der Waals surface area contributed by atoms with E-state index in [9.17, 15) is 4.79 Å². The number of thiophene rings is 1. The number of fused-ring (bicyclic) bond motifs is 2. The van der Waals surface area contributed by atoms with Crippen molar-refractivity contribution in [3.8, 4) is 5.75 Å². The van der Waals surface area contributed by atoms with Gasteiger partial charge in [-0.3, -0.25) is 9.69 Å². The summed E-state index contributed by atoms with van der Waals surface area (Å²) < 4.78 is 11.5. The molecule has 1 aromatic heterocycles. The van der Waals surface area contributed by atoms with Crippen LogP contribution >= 0.6 is 11.3 Å². The zero-order valence-corrected chi connectivity index (χ0v) is 19.9. The van der Waals surface area contributed by atoms with Gasteiger partial charge >= 0.3 is 0 Å². The molecule has 2 atom stereocenters. The van der Waals surface area contributed by atoms with E-state index in [1.165, 1.54) is 28.0 Å². The van der Waals surface area contributed by atoms with Crippen LogP contribution < -0.4 is 10.1 Å². The maximum Gasteiger partial charge on any atom is 0.252 e. The number of amides is 1. The predicted molar refractivity (Wildman–Crippen MR) is 131 cm³/mol. The number of nitrogens with one attached hydrogen (secondary N) is 1. The van der Waals surface area contributed by atoms with Gasteiger partial charge in [0.05, 0.1) is 24.8 Å². The van der Waals surface area contributed by atoms with E-state index in [2.05, 4.69) is 52.7 Å². The smallest absolute Gasteiger partial charge is 0.252 e. The summed E-state index contributed by atoms with van der Waals surface area (Å²) in [5, 5.41) is 7.12. The molecule has 5 nitrogen and oxygen atoms in total. The first-order chi connectivity index (χ1) is 16.1. The van der Waals surface area contributed by atoms with Crippen LogP contribution in [-0.4, -0.2) is 44.2 Å². The van der Waals surface area contributed by atoms with E-state index in [0.29, 0.717) is 5.56 Å². The average Bonchev–Trinajstić information content (AvgIpc) is 3.47. The lowest BCUT2D eigenvalue weighted by atomic mass is 9.72. The lowest BCUT2D eigenvalue weighted by Gasteiger charge is -2.44. The second-order valence-electron chi connectivity index (χ2n) is 8.99. The van der Waals surface area contributed by atoms with Crippen LogP contribution in [0.2, 0.25) is 0 Å². The largest absolute Gasteiger partial charge is 0.497 e. The maximum absolute atomic E-state index is 12.9. The van der Waals surface area contributed by atoms with E-state index in [1.54, 1.807) is 14.2 Å². The SMILES string of the molecule is COc1cccc(CN2CCC3(CC2)c2ccccc2[C@@H](NC(=O)c2ccsc2)[C@@H]3OC)c1. The first-order valence-corrected chi connectivity index (χ1v) is 12.4. The number of rotatable bonds is 6. The van der Waals surface area contributed by atoms with E-state index in [1.807, 2.05) is 22.9 Å². The first-order valence-electron chi connectivity index (χ1n) is 11.4. The number of benzene rings is 2. The molecule has 5 rings (SSSR count). The second-order valence-corrected chi connectivity index (χ2v) is 9.77. The summed E-state index contributed by atoms with van der Waals surface area (Å²) in [6, 6.07) is 18.6. The summed E-state index contributed by atoms with van der Waals surface area (Å²) in [4.78, 5) is 15.4. The maximum atomic E-state index is 12.9. The molecule has 0 bridgehead atoms. The average molecular weight is 463 g/mol. The number of hydrogen-bond acceptors (Lipinski definition) is 5. The standard InChI is InChI=1S/C27H30N2O3S/c1-31-21-7-5-6-19(16-21)17-29-13-11-27(12-14-29)23-9-4-3-8-22(23)24(25(27)32-2)28-26(30)20-10-15-33-18-20/h3-10,15-16,18,24-25H,11-14,17H2,1-2H3,(H,28,30)/t24-,25+/m1/s1. The number of ether oxygens (including phenoxy) is 2. The fraction of sp³-hybridized carbons (Fsp3) is 0.370. The first kappa shape index (κ1) is 22.1. The number of likely N-dealkylation sites (tertiary alicyclic amines) is 1. The number of carbonyl (C=O) groups excluding carboxylic acids is 1. The number of carbonyl (C=O) groups is 1. The third kappa shape index (κ3) is 4.07. The van der Waals surface area contributed by atoms with Crippen LogP contribution in [0, 0.1) is 0 Å². The molecule has 1 spiro atoms. The number of piperidine rings is 1. The van der Waals surface area contributed by atoms with E-state index in [0.717, 1.165) is 38.2 Å². The van der Waals surface area contributed by atoms with Crippen LogP contribution in [0.25, 0.3) is 0 Å². The summed E-state index contributed by atoms with van der Waals surface area (Å²) in [6.07, 6.45) is 1.91. The van der Waals surface area contributed by atoms with Gasteiger partial charge in [0.1, 0.15) is 5.75 Å². The molecule has 6 heteroatoms. The monoisotopic (exact) mass is 462 g/mol. The molecule has 1 aliphatic carbocycles. The van der Waals surface area contributed by atoms with Crippen molar-refractivity contribution in [3.63, 3.8) is 0 Å². The Hall–Kier alpha value is -2.67.